The summed E-state index contributed by atoms with van der Waals surface area (Å²) >= 11 is 0. The first-order valence-corrected chi connectivity index (χ1v) is 10.6. The van der Waals surface area contributed by atoms with Gasteiger partial charge in [-0.25, -0.2) is 4.79 Å². The van der Waals surface area contributed by atoms with Crippen molar-refractivity contribution in [3.8, 4) is 5.75 Å². The van der Waals surface area contributed by atoms with Gasteiger partial charge in [0.25, 0.3) is 0 Å². The maximum Gasteiger partial charge on any atom is 0.322 e. The molecular weight excluding hydrogens is 380 g/mol. The number of nitrogens with zero attached hydrogens (tertiary/aromatic N) is 1. The fourth-order valence-corrected chi connectivity index (χ4v) is 3.20. The average molecular weight is 407 g/mol. The van der Waals surface area contributed by atoms with Crippen LogP contribution in [0.5, 0.6) is 5.75 Å². The molecule has 1 N–H and O–H groups in total. The summed E-state index contributed by atoms with van der Waals surface area (Å²) in [7, 11) is -2.04. The second kappa shape index (κ2) is 9.57. The van der Waals surface area contributed by atoms with Gasteiger partial charge in [0.1, 0.15) is 5.75 Å². The summed E-state index contributed by atoms with van der Waals surface area (Å²) in [5, 5.41) is 2.96. The molecule has 2 aromatic carbocycles. The summed E-state index contributed by atoms with van der Waals surface area (Å²) in [5.41, 5.74) is 3.48. The van der Waals surface area contributed by atoms with Crippen LogP contribution in [0.4, 0.5) is 10.5 Å². The molecule has 0 saturated heterocycles. The highest BCUT2D eigenvalue weighted by molar-refractivity contribution is 7.86. The van der Waals surface area contributed by atoms with Crippen LogP contribution >= 0.6 is 0 Å². The first kappa shape index (κ1) is 21.7. The maximum atomic E-state index is 12.9. The number of para-hydroxylation sites is 1. The third-order valence-electron chi connectivity index (χ3n) is 4.09. The Balaban J connectivity index is 2.19. The Morgan fingerprint density at radius 2 is 1.75 bits per heavy atom. The van der Waals surface area contributed by atoms with E-state index in [2.05, 4.69) is 5.32 Å². The second-order valence-electron chi connectivity index (χ2n) is 6.55. The van der Waals surface area contributed by atoms with Gasteiger partial charge in [0, 0.05) is 25.9 Å². The molecule has 0 unspecified atom stereocenters. The van der Waals surface area contributed by atoms with Crippen molar-refractivity contribution in [1.82, 2.24) is 4.90 Å². The first-order valence-electron chi connectivity index (χ1n) is 8.79. The van der Waals surface area contributed by atoms with Crippen LogP contribution in [0.25, 0.3) is 0 Å². The van der Waals surface area contributed by atoms with E-state index in [0.717, 1.165) is 28.6 Å². The van der Waals surface area contributed by atoms with Crippen molar-refractivity contribution in [1.29, 1.82) is 0 Å². The largest absolute Gasteiger partial charge is 0.383 e. The number of carbonyl (C=O) groups excluding carboxylic acids is 1. The number of nitrogens with one attached hydrogen (secondary N) is 1. The van der Waals surface area contributed by atoms with Gasteiger partial charge in [-0.2, -0.15) is 8.42 Å². The van der Waals surface area contributed by atoms with Crippen LogP contribution in [0.2, 0.25) is 0 Å². The lowest BCUT2D eigenvalue weighted by atomic mass is 10.1. The molecule has 7 nitrogen and oxygen atoms in total. The smallest absolute Gasteiger partial charge is 0.322 e. The number of hydrogen-bond acceptors (Lipinski definition) is 5. The number of benzene rings is 2. The van der Waals surface area contributed by atoms with Gasteiger partial charge in [-0.1, -0.05) is 30.3 Å². The molecule has 0 aromatic heterocycles. The number of ether oxygens (including phenoxy) is 1. The van der Waals surface area contributed by atoms with Gasteiger partial charge in [0.2, 0.25) is 0 Å². The number of methoxy groups -OCH3 is 1. The summed E-state index contributed by atoms with van der Waals surface area (Å²) in [5.74, 6) is 0.210. The highest BCUT2D eigenvalue weighted by atomic mass is 32.2. The molecule has 0 aliphatic carbocycles. The van der Waals surface area contributed by atoms with E-state index in [1.54, 1.807) is 36.3 Å². The van der Waals surface area contributed by atoms with E-state index in [9.17, 15) is 13.2 Å². The number of urea groups is 1. The van der Waals surface area contributed by atoms with Crippen LogP contribution < -0.4 is 9.50 Å². The van der Waals surface area contributed by atoms with E-state index >= 15 is 0 Å². The van der Waals surface area contributed by atoms with Crippen molar-refractivity contribution in [3.63, 3.8) is 0 Å². The third kappa shape index (κ3) is 6.54. The lowest BCUT2D eigenvalue weighted by Crippen LogP contribution is -2.37. The van der Waals surface area contributed by atoms with E-state index in [0.29, 0.717) is 13.2 Å². The Morgan fingerprint density at radius 3 is 2.36 bits per heavy atom. The second-order valence-corrected chi connectivity index (χ2v) is 8.12. The molecule has 0 aliphatic rings. The summed E-state index contributed by atoms with van der Waals surface area (Å²) in [4.78, 5) is 14.5. The zero-order valence-corrected chi connectivity index (χ0v) is 17.4. The zero-order valence-electron chi connectivity index (χ0n) is 16.6. The van der Waals surface area contributed by atoms with Crippen LogP contribution in [0.3, 0.4) is 0 Å². The van der Waals surface area contributed by atoms with Crippen LogP contribution in [0.1, 0.15) is 16.7 Å². The Labute approximate surface area is 166 Å². The minimum atomic E-state index is -3.62. The van der Waals surface area contributed by atoms with Crippen molar-refractivity contribution in [2.24, 2.45) is 0 Å². The molecule has 0 atom stereocenters. The predicted molar refractivity (Wildman–Crippen MR) is 109 cm³/mol. The van der Waals surface area contributed by atoms with E-state index in [-0.39, 0.29) is 18.3 Å². The number of rotatable bonds is 8. The fraction of sp³-hybridized carbons (Fsp3) is 0.350. The molecule has 0 saturated carbocycles. The average Bonchev–Trinajstić information content (AvgIpc) is 2.60. The van der Waals surface area contributed by atoms with Crippen molar-refractivity contribution in [2.75, 3.05) is 31.8 Å². The van der Waals surface area contributed by atoms with E-state index in [1.807, 2.05) is 32.0 Å². The summed E-state index contributed by atoms with van der Waals surface area (Å²) < 4.78 is 32.7. The van der Waals surface area contributed by atoms with Crippen LogP contribution in [0, 0.1) is 13.8 Å². The standard InChI is InChI=1S/C20H26N2O5S/c1-15-7-5-8-16(2)19(15)21-20(23)22(11-12-26-3)14-17-9-6-10-18(13-17)27-28(4,24)25/h5-10,13H,11-12,14H2,1-4H3,(H,21,23). The number of amides is 2. The van der Waals surface area contributed by atoms with Crippen molar-refractivity contribution < 1.29 is 22.1 Å². The van der Waals surface area contributed by atoms with E-state index in [1.165, 1.54) is 0 Å². The fourth-order valence-electron chi connectivity index (χ4n) is 2.74. The molecule has 0 spiro atoms. The Bertz CT molecular complexity index is 908. The van der Waals surface area contributed by atoms with Crippen molar-refractivity contribution >= 4 is 21.8 Å². The van der Waals surface area contributed by atoms with Crippen molar-refractivity contribution in [2.45, 2.75) is 20.4 Å². The van der Waals surface area contributed by atoms with Gasteiger partial charge in [0.15, 0.2) is 0 Å². The molecule has 2 rings (SSSR count). The number of carbonyl (C=O) groups is 1. The van der Waals surface area contributed by atoms with Gasteiger partial charge >= 0.3 is 16.1 Å². The zero-order chi connectivity index (χ0) is 20.7. The summed E-state index contributed by atoms with van der Waals surface area (Å²) in [6, 6.07) is 12.2. The van der Waals surface area contributed by atoms with Crippen LogP contribution in [-0.4, -0.2) is 45.9 Å². The van der Waals surface area contributed by atoms with Gasteiger partial charge in [-0.3, -0.25) is 0 Å². The van der Waals surface area contributed by atoms with Crippen LogP contribution in [-0.2, 0) is 21.4 Å². The summed E-state index contributed by atoms with van der Waals surface area (Å²) in [6.07, 6.45) is 0.989. The molecule has 8 heteroatoms. The number of aryl methyl sites for hydroxylation is 2. The summed E-state index contributed by atoms with van der Waals surface area (Å²) in [6.45, 7) is 4.91. The van der Waals surface area contributed by atoms with Gasteiger partial charge in [0.05, 0.1) is 12.9 Å². The van der Waals surface area contributed by atoms with Gasteiger partial charge < -0.3 is 19.1 Å². The minimum Gasteiger partial charge on any atom is -0.383 e. The normalized spacial score (nSPS) is 11.1. The minimum absolute atomic E-state index is 0.210. The molecule has 0 heterocycles. The number of anilines is 1. The quantitative estimate of drug-likeness (QED) is 0.680. The highest BCUT2D eigenvalue weighted by Crippen LogP contribution is 2.21. The predicted octanol–water partition coefficient (Wildman–Crippen LogP) is 3.32. The Hall–Kier alpha value is -2.58. The molecule has 2 amide bonds. The molecule has 0 aliphatic heterocycles. The molecule has 152 valence electrons. The lowest BCUT2D eigenvalue weighted by Gasteiger charge is -2.24. The maximum absolute atomic E-state index is 12.9. The lowest BCUT2D eigenvalue weighted by molar-refractivity contribution is 0.153. The molecule has 28 heavy (non-hydrogen) atoms. The topological polar surface area (TPSA) is 84.9 Å². The molecule has 2 aromatic rings. The highest BCUT2D eigenvalue weighted by Gasteiger charge is 2.16. The number of hydrogen-bond donors (Lipinski definition) is 1. The molecule has 0 bridgehead atoms. The molecule has 0 radical (unpaired) electrons. The third-order valence-corrected chi connectivity index (χ3v) is 4.58. The Kier molecular flexibility index (Phi) is 7.42. The Morgan fingerprint density at radius 1 is 1.11 bits per heavy atom. The van der Waals surface area contributed by atoms with E-state index in [4.69, 9.17) is 8.92 Å². The van der Waals surface area contributed by atoms with Gasteiger partial charge in [-0.05, 0) is 42.7 Å². The van der Waals surface area contributed by atoms with Gasteiger partial charge in [-0.15, -0.1) is 0 Å². The molecule has 0 fully saturated rings. The molecular formula is C20H26N2O5S. The first-order chi connectivity index (χ1) is 13.2. The van der Waals surface area contributed by atoms with Crippen LogP contribution in [0.15, 0.2) is 42.5 Å². The van der Waals surface area contributed by atoms with E-state index < -0.39 is 10.1 Å². The monoisotopic (exact) mass is 406 g/mol. The van der Waals surface area contributed by atoms with Crippen molar-refractivity contribution in [3.05, 3.63) is 59.2 Å². The SMILES string of the molecule is COCCN(Cc1cccc(OS(C)(=O)=O)c1)C(=O)Nc1c(C)cccc1C.